The molecule has 1 amide bonds. The predicted molar refractivity (Wildman–Crippen MR) is 71.6 cm³/mol. The van der Waals surface area contributed by atoms with Crippen molar-refractivity contribution in [3.8, 4) is 0 Å². The van der Waals surface area contributed by atoms with Gasteiger partial charge in [-0.05, 0) is 37.6 Å². The van der Waals surface area contributed by atoms with Gasteiger partial charge in [0.05, 0.1) is 6.61 Å². The number of nitrogens with two attached hydrogens (primary N) is 1. The average molecular weight is 269 g/mol. The van der Waals surface area contributed by atoms with Crippen molar-refractivity contribution in [2.45, 2.75) is 18.9 Å². The van der Waals surface area contributed by atoms with E-state index in [1.807, 2.05) is 19.1 Å². The molecule has 1 heterocycles. The summed E-state index contributed by atoms with van der Waals surface area (Å²) >= 11 is 5.83. The van der Waals surface area contributed by atoms with Crippen LogP contribution in [0.4, 0.5) is 5.69 Å². The van der Waals surface area contributed by atoms with E-state index in [4.69, 9.17) is 22.1 Å². The maximum atomic E-state index is 11.8. The first kappa shape index (κ1) is 13.2. The minimum atomic E-state index is -0.801. The zero-order valence-corrected chi connectivity index (χ0v) is 11.0. The molecule has 1 aliphatic rings. The van der Waals surface area contributed by atoms with Crippen molar-refractivity contribution < 1.29 is 9.53 Å². The second-order valence-corrected chi connectivity index (χ2v) is 5.20. The van der Waals surface area contributed by atoms with Crippen LogP contribution in [-0.4, -0.2) is 24.7 Å². The third kappa shape index (κ3) is 2.60. The number of primary amides is 1. The Morgan fingerprint density at radius 2 is 2.17 bits per heavy atom. The molecular formula is C13H17ClN2O2. The monoisotopic (exact) mass is 268 g/mol. The Balaban J connectivity index is 2.20. The summed E-state index contributed by atoms with van der Waals surface area (Å²) < 4.78 is 5.34. The smallest absolute Gasteiger partial charge is 0.243 e. The van der Waals surface area contributed by atoms with Crippen molar-refractivity contribution in [3.05, 3.63) is 29.3 Å². The maximum absolute atomic E-state index is 11.8. The fourth-order valence-corrected chi connectivity index (χ4v) is 2.31. The van der Waals surface area contributed by atoms with Gasteiger partial charge in [-0.2, -0.15) is 0 Å². The third-order valence-electron chi connectivity index (χ3n) is 3.51. The number of nitrogens with one attached hydrogen (secondary N) is 1. The van der Waals surface area contributed by atoms with Gasteiger partial charge in [0, 0.05) is 23.2 Å². The number of carbonyl (C=O) groups excluding carboxylic acids is 1. The fraction of sp³-hybridized carbons (Fsp3) is 0.462. The minimum Gasteiger partial charge on any atom is -0.381 e. The SMILES string of the molecule is CC(Nc1ccc(Cl)cc1)(C(N)=O)C1CCOC1. The molecule has 0 aliphatic carbocycles. The number of benzene rings is 1. The number of rotatable bonds is 4. The molecule has 3 N–H and O–H groups in total. The molecule has 5 heteroatoms. The lowest BCUT2D eigenvalue weighted by atomic mass is 9.84. The molecule has 0 radical (unpaired) electrons. The fourth-order valence-electron chi connectivity index (χ4n) is 2.19. The zero-order valence-electron chi connectivity index (χ0n) is 10.3. The number of carbonyl (C=O) groups is 1. The molecule has 1 fully saturated rings. The van der Waals surface area contributed by atoms with Crippen LogP contribution in [0.2, 0.25) is 5.02 Å². The van der Waals surface area contributed by atoms with Crippen LogP contribution in [0.5, 0.6) is 0 Å². The number of hydrogen-bond donors (Lipinski definition) is 2. The summed E-state index contributed by atoms with van der Waals surface area (Å²) in [6, 6.07) is 7.21. The molecule has 1 aromatic rings. The molecule has 4 nitrogen and oxygen atoms in total. The Hall–Kier alpha value is -1.26. The van der Waals surface area contributed by atoms with E-state index in [9.17, 15) is 4.79 Å². The van der Waals surface area contributed by atoms with E-state index in [-0.39, 0.29) is 11.8 Å². The molecule has 0 saturated carbocycles. The lowest BCUT2D eigenvalue weighted by Gasteiger charge is -2.33. The average Bonchev–Trinajstić information content (AvgIpc) is 2.86. The van der Waals surface area contributed by atoms with E-state index in [0.29, 0.717) is 18.2 Å². The number of amides is 1. The largest absolute Gasteiger partial charge is 0.381 e. The van der Waals surface area contributed by atoms with Gasteiger partial charge in [-0.1, -0.05) is 11.6 Å². The summed E-state index contributed by atoms with van der Waals surface area (Å²) in [5.74, 6) is -0.279. The highest BCUT2D eigenvalue weighted by atomic mass is 35.5. The van der Waals surface area contributed by atoms with Crippen LogP contribution in [0.15, 0.2) is 24.3 Å². The van der Waals surface area contributed by atoms with Crippen molar-refractivity contribution in [1.82, 2.24) is 0 Å². The normalized spacial score (nSPS) is 22.4. The van der Waals surface area contributed by atoms with Crippen molar-refractivity contribution in [2.24, 2.45) is 11.7 Å². The van der Waals surface area contributed by atoms with Gasteiger partial charge in [-0.3, -0.25) is 4.79 Å². The summed E-state index contributed by atoms with van der Waals surface area (Å²) in [6.07, 6.45) is 0.833. The Labute approximate surface area is 111 Å². The van der Waals surface area contributed by atoms with E-state index in [0.717, 1.165) is 12.1 Å². The molecule has 2 unspecified atom stereocenters. The van der Waals surface area contributed by atoms with Gasteiger partial charge in [-0.15, -0.1) is 0 Å². The molecule has 18 heavy (non-hydrogen) atoms. The van der Waals surface area contributed by atoms with Crippen LogP contribution in [0, 0.1) is 5.92 Å². The highest BCUT2D eigenvalue weighted by Gasteiger charge is 2.41. The summed E-state index contributed by atoms with van der Waals surface area (Å²) in [5, 5.41) is 3.87. The van der Waals surface area contributed by atoms with Crippen molar-refractivity contribution in [3.63, 3.8) is 0 Å². The van der Waals surface area contributed by atoms with Gasteiger partial charge in [0.25, 0.3) is 0 Å². The Morgan fingerprint density at radius 3 is 2.67 bits per heavy atom. The zero-order chi connectivity index (χ0) is 13.2. The molecule has 0 aromatic heterocycles. The number of anilines is 1. The van der Waals surface area contributed by atoms with Gasteiger partial charge in [-0.25, -0.2) is 0 Å². The van der Waals surface area contributed by atoms with Crippen molar-refractivity contribution >= 4 is 23.2 Å². The van der Waals surface area contributed by atoms with Crippen LogP contribution in [0.1, 0.15) is 13.3 Å². The van der Waals surface area contributed by atoms with Gasteiger partial charge in [0.1, 0.15) is 5.54 Å². The molecule has 2 rings (SSSR count). The lowest BCUT2D eigenvalue weighted by Crippen LogP contribution is -2.53. The van der Waals surface area contributed by atoms with Crippen LogP contribution in [0.25, 0.3) is 0 Å². The molecule has 1 aliphatic heterocycles. The highest BCUT2D eigenvalue weighted by Crippen LogP contribution is 2.29. The van der Waals surface area contributed by atoms with Gasteiger partial charge < -0.3 is 15.8 Å². The van der Waals surface area contributed by atoms with E-state index < -0.39 is 5.54 Å². The molecule has 1 saturated heterocycles. The topological polar surface area (TPSA) is 64.3 Å². The first-order chi connectivity index (χ1) is 8.52. The summed E-state index contributed by atoms with van der Waals surface area (Å²) in [6.45, 7) is 3.05. The van der Waals surface area contributed by atoms with Gasteiger partial charge in [0.15, 0.2) is 0 Å². The first-order valence-electron chi connectivity index (χ1n) is 5.94. The third-order valence-corrected chi connectivity index (χ3v) is 3.76. The molecular weight excluding hydrogens is 252 g/mol. The van der Waals surface area contributed by atoms with E-state index >= 15 is 0 Å². The Bertz CT molecular complexity index is 429. The Kier molecular flexibility index (Phi) is 3.78. The van der Waals surface area contributed by atoms with E-state index in [1.54, 1.807) is 12.1 Å². The standard InChI is InChI=1S/C13H17ClN2O2/c1-13(12(15)17,9-6-7-18-8-9)16-11-4-2-10(14)3-5-11/h2-5,9,16H,6-8H2,1H3,(H2,15,17). The summed E-state index contributed by atoms with van der Waals surface area (Å²) in [5.41, 5.74) is 5.57. The molecule has 1 aromatic carbocycles. The molecule has 98 valence electrons. The van der Waals surface area contributed by atoms with Crippen LogP contribution < -0.4 is 11.1 Å². The minimum absolute atomic E-state index is 0.0886. The summed E-state index contributed by atoms with van der Waals surface area (Å²) in [7, 11) is 0. The molecule has 0 bridgehead atoms. The number of hydrogen-bond acceptors (Lipinski definition) is 3. The van der Waals surface area contributed by atoms with Crippen LogP contribution >= 0.6 is 11.6 Å². The van der Waals surface area contributed by atoms with Gasteiger partial charge >= 0.3 is 0 Å². The van der Waals surface area contributed by atoms with Crippen molar-refractivity contribution in [2.75, 3.05) is 18.5 Å². The Morgan fingerprint density at radius 1 is 1.50 bits per heavy atom. The number of halogens is 1. The van der Waals surface area contributed by atoms with Gasteiger partial charge in [0.2, 0.25) is 5.91 Å². The van der Waals surface area contributed by atoms with Crippen LogP contribution in [0.3, 0.4) is 0 Å². The second-order valence-electron chi connectivity index (χ2n) is 4.76. The van der Waals surface area contributed by atoms with E-state index in [1.165, 1.54) is 0 Å². The number of ether oxygens (including phenoxy) is 1. The van der Waals surface area contributed by atoms with Crippen molar-refractivity contribution in [1.29, 1.82) is 0 Å². The van der Waals surface area contributed by atoms with Crippen LogP contribution in [-0.2, 0) is 9.53 Å². The summed E-state index contributed by atoms with van der Waals surface area (Å²) in [4.78, 5) is 11.8. The lowest BCUT2D eigenvalue weighted by molar-refractivity contribution is -0.123. The quantitative estimate of drug-likeness (QED) is 0.878. The maximum Gasteiger partial charge on any atom is 0.243 e. The second kappa shape index (κ2) is 5.16. The van der Waals surface area contributed by atoms with E-state index in [2.05, 4.69) is 5.32 Å². The molecule has 2 atom stereocenters. The molecule has 0 spiro atoms. The highest BCUT2D eigenvalue weighted by molar-refractivity contribution is 6.30. The first-order valence-corrected chi connectivity index (χ1v) is 6.31. The predicted octanol–water partition coefficient (Wildman–Crippen LogP) is 2.03.